The van der Waals surface area contributed by atoms with Gasteiger partial charge in [-0.1, -0.05) is 53.2 Å². The van der Waals surface area contributed by atoms with Crippen LogP contribution in [0.3, 0.4) is 0 Å². The van der Waals surface area contributed by atoms with Crippen LogP contribution in [0.1, 0.15) is 130 Å². The zero-order valence-electron chi connectivity index (χ0n) is 27.0. The van der Waals surface area contributed by atoms with Crippen molar-refractivity contribution < 1.29 is 27.4 Å². The molecule has 238 valence electrons. The van der Waals surface area contributed by atoms with Crippen LogP contribution >= 0.6 is 0 Å². The lowest BCUT2D eigenvalue weighted by atomic mass is 9.59. The van der Waals surface area contributed by atoms with E-state index in [2.05, 4.69) is 39.9 Å². The number of rotatable bonds is 6. The smallest absolute Gasteiger partial charge is 0.410 e. The van der Waals surface area contributed by atoms with E-state index in [1.165, 1.54) is 18.6 Å². The quantitative estimate of drug-likeness (QED) is 0.324. The average molecular weight is 627 g/mol. The van der Waals surface area contributed by atoms with E-state index in [4.69, 9.17) is 14.1 Å². The second-order valence-electron chi connectivity index (χ2n) is 14.8. The van der Waals surface area contributed by atoms with Crippen LogP contribution in [-0.2, 0) is 21.8 Å². The highest BCUT2D eigenvalue weighted by Gasteiger charge is 2.49. The average Bonchev–Trinajstić information content (AvgIpc) is 2.93. The molecule has 1 aliphatic heterocycles. The number of hydrogen-bond donors (Lipinski definition) is 1. The van der Waals surface area contributed by atoms with Crippen molar-refractivity contribution in [2.45, 2.75) is 116 Å². The molecule has 1 unspecified atom stereocenters. The molecule has 0 saturated heterocycles. The maximum atomic E-state index is 13.7. The summed E-state index contributed by atoms with van der Waals surface area (Å²) in [6.07, 6.45) is 1.75. The fourth-order valence-corrected chi connectivity index (χ4v) is 8.10. The molecule has 2 heterocycles. The molecule has 0 amide bonds. The number of aromatic nitrogens is 1. The van der Waals surface area contributed by atoms with E-state index in [-0.39, 0.29) is 28.0 Å². The monoisotopic (exact) mass is 626 g/mol. The van der Waals surface area contributed by atoms with Gasteiger partial charge < -0.3 is 14.3 Å². The molecule has 44 heavy (non-hydrogen) atoms. The van der Waals surface area contributed by atoms with E-state index < -0.39 is 31.7 Å². The van der Waals surface area contributed by atoms with Gasteiger partial charge in [0.15, 0.2) is 8.32 Å². The summed E-state index contributed by atoms with van der Waals surface area (Å²) in [4.78, 5) is 5.31. The van der Waals surface area contributed by atoms with E-state index in [1.807, 2.05) is 13.8 Å². The summed E-state index contributed by atoms with van der Waals surface area (Å²) < 4.78 is 53.9. The van der Waals surface area contributed by atoms with Crippen molar-refractivity contribution in [2.24, 2.45) is 5.41 Å². The molecule has 1 saturated carbocycles. The SMILES string of the molecule is CC(C)c1nc2c(c(C3=CCOCC3)c1[C@H](O)c1ccc(C(F)(F)F)c(C#N)c1)C(O[Si](C)(C)C(C)(C)C)CC1(CCC1)C2. The Morgan fingerprint density at radius 3 is 2.41 bits per heavy atom. The number of ether oxygens (including phenoxy) is 1. The topological polar surface area (TPSA) is 75.4 Å². The van der Waals surface area contributed by atoms with E-state index in [1.54, 1.807) is 6.07 Å². The highest BCUT2D eigenvalue weighted by atomic mass is 28.4. The number of benzene rings is 1. The van der Waals surface area contributed by atoms with Crippen LogP contribution in [0.15, 0.2) is 24.3 Å². The Hall–Kier alpha value is -2.51. The van der Waals surface area contributed by atoms with E-state index in [0.717, 1.165) is 59.8 Å². The van der Waals surface area contributed by atoms with Crippen LogP contribution in [0.25, 0.3) is 5.57 Å². The van der Waals surface area contributed by atoms with Gasteiger partial charge in [0, 0.05) is 22.5 Å². The van der Waals surface area contributed by atoms with E-state index in [9.17, 15) is 23.5 Å². The maximum Gasteiger partial charge on any atom is 0.417 e. The molecular weight excluding hydrogens is 581 g/mol. The molecule has 1 spiro atoms. The molecular formula is C35H45F3N2O3Si. The van der Waals surface area contributed by atoms with E-state index in [0.29, 0.717) is 25.2 Å². The largest absolute Gasteiger partial charge is 0.417 e. The lowest BCUT2D eigenvalue weighted by Gasteiger charge is -2.51. The van der Waals surface area contributed by atoms with Crippen LogP contribution in [0, 0.1) is 16.7 Å². The van der Waals surface area contributed by atoms with Gasteiger partial charge in [0.25, 0.3) is 0 Å². The van der Waals surface area contributed by atoms with Gasteiger partial charge in [-0.2, -0.15) is 18.4 Å². The van der Waals surface area contributed by atoms with Crippen molar-refractivity contribution in [3.63, 3.8) is 0 Å². The lowest BCUT2D eigenvalue weighted by molar-refractivity contribution is -0.137. The highest BCUT2D eigenvalue weighted by Crippen LogP contribution is 2.57. The third-order valence-corrected chi connectivity index (χ3v) is 14.9. The number of aliphatic hydroxyl groups excluding tert-OH is 1. The molecule has 3 aliphatic rings. The zero-order valence-corrected chi connectivity index (χ0v) is 28.0. The third-order valence-electron chi connectivity index (χ3n) is 10.4. The van der Waals surface area contributed by atoms with Crippen LogP contribution < -0.4 is 0 Å². The summed E-state index contributed by atoms with van der Waals surface area (Å²) in [7, 11) is -2.24. The number of hydrogen-bond acceptors (Lipinski definition) is 5. The van der Waals surface area contributed by atoms with Crippen molar-refractivity contribution in [3.05, 3.63) is 69.0 Å². The molecule has 1 fully saturated rings. The number of aliphatic hydroxyl groups is 1. The first-order valence-electron chi connectivity index (χ1n) is 15.8. The van der Waals surface area contributed by atoms with E-state index >= 15 is 0 Å². The molecule has 2 atom stereocenters. The van der Waals surface area contributed by atoms with Gasteiger partial charge in [-0.15, -0.1) is 0 Å². The van der Waals surface area contributed by atoms with Crippen LogP contribution in [0.5, 0.6) is 0 Å². The molecule has 9 heteroatoms. The fraction of sp³-hybridized carbons (Fsp3) is 0.600. The van der Waals surface area contributed by atoms with Gasteiger partial charge in [0.2, 0.25) is 0 Å². The Labute approximate surface area is 260 Å². The first kappa shape index (κ1) is 32.9. The molecule has 0 radical (unpaired) electrons. The third kappa shape index (κ3) is 6.03. The summed E-state index contributed by atoms with van der Waals surface area (Å²) in [6, 6.07) is 5.05. The normalized spacial score (nSPS) is 21.0. The number of halogens is 3. The summed E-state index contributed by atoms with van der Waals surface area (Å²) in [5.74, 6) is -0.0620. The predicted octanol–water partition coefficient (Wildman–Crippen LogP) is 9.16. The zero-order chi connectivity index (χ0) is 32.2. The molecule has 5 rings (SSSR count). The minimum atomic E-state index is -4.67. The Morgan fingerprint density at radius 1 is 1.18 bits per heavy atom. The maximum absolute atomic E-state index is 13.7. The second kappa shape index (κ2) is 11.7. The van der Waals surface area contributed by atoms with Gasteiger partial charge in [0.1, 0.15) is 6.10 Å². The Morgan fingerprint density at radius 2 is 1.89 bits per heavy atom. The Balaban J connectivity index is 1.78. The van der Waals surface area contributed by atoms with Crippen molar-refractivity contribution in [3.8, 4) is 6.07 Å². The minimum Gasteiger partial charge on any atom is -0.410 e. The Kier molecular flexibility index (Phi) is 8.73. The molecule has 2 aliphatic carbocycles. The number of pyridine rings is 1. The molecule has 1 aromatic heterocycles. The first-order valence-corrected chi connectivity index (χ1v) is 18.7. The highest BCUT2D eigenvalue weighted by molar-refractivity contribution is 6.74. The second-order valence-corrected chi connectivity index (χ2v) is 19.5. The Bertz CT molecular complexity index is 1500. The molecule has 5 nitrogen and oxygen atoms in total. The number of fused-ring (bicyclic) bond motifs is 1. The van der Waals surface area contributed by atoms with Crippen LogP contribution in [-0.4, -0.2) is 31.6 Å². The summed E-state index contributed by atoms with van der Waals surface area (Å²) in [5.41, 5.74) is 4.20. The lowest BCUT2D eigenvalue weighted by Crippen LogP contribution is -2.46. The van der Waals surface area contributed by atoms with Gasteiger partial charge in [0.05, 0.1) is 36.5 Å². The van der Waals surface area contributed by atoms with Crippen molar-refractivity contribution in [2.75, 3.05) is 13.2 Å². The predicted molar refractivity (Wildman–Crippen MR) is 168 cm³/mol. The van der Waals surface area contributed by atoms with Gasteiger partial charge >= 0.3 is 6.18 Å². The molecule has 1 N–H and O–H groups in total. The molecule has 1 aromatic carbocycles. The fourth-order valence-electron chi connectivity index (χ4n) is 6.83. The van der Waals surface area contributed by atoms with Crippen LogP contribution in [0.4, 0.5) is 13.2 Å². The summed E-state index contributed by atoms with van der Waals surface area (Å²) >= 11 is 0. The number of nitrogens with zero attached hydrogens (tertiary/aromatic N) is 2. The van der Waals surface area contributed by atoms with Crippen molar-refractivity contribution >= 4 is 13.9 Å². The standard InChI is InChI=1S/C35H45F3N2O3Si/c1-21(2)31-30(32(41)23-9-10-25(35(36,37)38)24(17-23)20-39)28(22-11-15-42-16-12-22)29-26(40-31)18-34(13-8-14-34)19-27(29)43-44(6,7)33(3,4)5/h9-11,17,21,27,32,41H,8,12-16,18-19H2,1-7H3/t27?,32-/m1/s1. The van der Waals surface area contributed by atoms with Crippen molar-refractivity contribution in [1.29, 1.82) is 5.26 Å². The summed E-state index contributed by atoms with van der Waals surface area (Å²) in [5, 5.41) is 21.7. The van der Waals surface area contributed by atoms with Gasteiger partial charge in [-0.3, -0.25) is 4.98 Å². The van der Waals surface area contributed by atoms with Crippen LogP contribution in [0.2, 0.25) is 18.1 Å². The van der Waals surface area contributed by atoms with Crippen molar-refractivity contribution in [1.82, 2.24) is 4.98 Å². The van der Waals surface area contributed by atoms with Gasteiger partial charge in [-0.25, -0.2) is 0 Å². The van der Waals surface area contributed by atoms with Gasteiger partial charge in [-0.05, 0) is 90.4 Å². The molecule has 2 aromatic rings. The molecule has 0 bridgehead atoms. The number of nitriles is 1. The number of alkyl halides is 3. The summed E-state index contributed by atoms with van der Waals surface area (Å²) in [6.45, 7) is 16.3. The minimum absolute atomic E-state index is 0.0168. The first-order chi connectivity index (χ1) is 20.5.